The van der Waals surface area contributed by atoms with Crippen molar-refractivity contribution in [2.45, 2.75) is 25.7 Å². The third-order valence-corrected chi connectivity index (χ3v) is 4.57. The van der Waals surface area contributed by atoms with Crippen LogP contribution in [0.25, 0.3) is 0 Å². The molecular weight excluding hydrogens is 371 g/mol. The second kappa shape index (κ2) is 11.3. The van der Waals surface area contributed by atoms with E-state index in [4.69, 9.17) is 14.0 Å². The van der Waals surface area contributed by atoms with Gasteiger partial charge in [-0.3, -0.25) is 23.1 Å². The first kappa shape index (κ1) is 21.8. The fraction of sp³-hybridized carbons (Fsp3) is 0.500. The Kier molecular flexibility index (Phi) is 9.88. The minimum atomic E-state index is -3.89. The lowest BCUT2D eigenvalue weighted by Crippen LogP contribution is -2.24. The fourth-order valence-corrected chi connectivity index (χ4v) is 2.71. The van der Waals surface area contributed by atoms with E-state index in [1.165, 1.54) is 0 Å². The molecule has 2 atom stereocenters. The fourth-order valence-electron chi connectivity index (χ4n) is 1.91. The highest BCUT2D eigenvalue weighted by Crippen LogP contribution is 2.41. The van der Waals surface area contributed by atoms with Gasteiger partial charge >= 0.3 is 7.82 Å². The van der Waals surface area contributed by atoms with Crippen molar-refractivity contribution in [1.29, 1.82) is 0 Å². The van der Waals surface area contributed by atoms with Gasteiger partial charge in [0.15, 0.2) is 0 Å². The molecule has 1 aromatic carbocycles. The average molecular weight is 394 g/mol. The molecule has 0 spiro atoms. The van der Waals surface area contributed by atoms with Gasteiger partial charge in [-0.1, -0.05) is 12.8 Å². The minimum Gasteiger partial charge on any atom is -0.352 e. The molecular formula is C14H23N2O7PS. The van der Waals surface area contributed by atoms with Crippen molar-refractivity contribution in [2.24, 2.45) is 0 Å². The predicted octanol–water partition coefficient (Wildman–Crippen LogP) is 2.29. The van der Waals surface area contributed by atoms with Crippen LogP contribution in [0.5, 0.6) is 0 Å². The molecule has 0 aromatic heterocycles. The third kappa shape index (κ3) is 9.69. The van der Waals surface area contributed by atoms with Crippen molar-refractivity contribution in [3.63, 3.8) is 0 Å². The molecule has 1 aromatic rings. The topological polar surface area (TPSA) is 134 Å². The van der Waals surface area contributed by atoms with E-state index in [2.05, 4.69) is 14.6 Å². The van der Waals surface area contributed by atoms with Crippen molar-refractivity contribution in [1.82, 2.24) is 5.32 Å². The van der Waals surface area contributed by atoms with Crippen LogP contribution in [0.2, 0.25) is 0 Å². The number of phosphoric acid groups is 1. The average Bonchev–Trinajstić information content (AvgIpc) is 2.57. The standard InChI is InChI=1S/C14H23N2O7PS/c1-22-24(18,19)23-11-5-3-2-4-10-15-14(17)12-6-8-13(9-7-12)16-25(20)21/h6-9,16H,2-5,10-11H2,1H3,(H,15,17)(H,18,19)(H,20,21). The smallest absolute Gasteiger partial charge is 0.352 e. The van der Waals surface area contributed by atoms with Crippen LogP contribution in [-0.2, 0) is 24.9 Å². The molecule has 0 fully saturated rings. The van der Waals surface area contributed by atoms with Gasteiger partial charge in [0.05, 0.1) is 6.61 Å². The number of carbonyl (C=O) groups is 1. The molecule has 1 amide bonds. The van der Waals surface area contributed by atoms with Crippen LogP contribution in [0.1, 0.15) is 36.0 Å². The van der Waals surface area contributed by atoms with Gasteiger partial charge < -0.3 is 10.2 Å². The van der Waals surface area contributed by atoms with Crippen LogP contribution in [0.3, 0.4) is 0 Å². The Hall–Kier alpha value is -1.29. The molecule has 11 heteroatoms. The second-order valence-corrected chi connectivity index (χ2v) is 7.35. The second-order valence-electron chi connectivity index (χ2n) is 5.08. The van der Waals surface area contributed by atoms with E-state index in [0.29, 0.717) is 24.2 Å². The van der Waals surface area contributed by atoms with E-state index >= 15 is 0 Å². The Morgan fingerprint density at radius 1 is 1.20 bits per heavy atom. The van der Waals surface area contributed by atoms with E-state index in [-0.39, 0.29) is 12.5 Å². The molecule has 25 heavy (non-hydrogen) atoms. The molecule has 9 nitrogen and oxygen atoms in total. The van der Waals surface area contributed by atoms with E-state index < -0.39 is 19.1 Å². The molecule has 0 aliphatic rings. The summed E-state index contributed by atoms with van der Waals surface area (Å²) in [7, 11) is -2.77. The number of amides is 1. The Labute approximate surface area is 149 Å². The first-order valence-corrected chi connectivity index (χ1v) is 10.2. The molecule has 0 aliphatic carbocycles. The van der Waals surface area contributed by atoms with Crippen LogP contribution in [0, 0.1) is 0 Å². The highest BCUT2D eigenvalue weighted by molar-refractivity contribution is 7.80. The Balaban J connectivity index is 2.14. The van der Waals surface area contributed by atoms with E-state index in [9.17, 15) is 13.6 Å². The summed E-state index contributed by atoms with van der Waals surface area (Å²) in [6.45, 7) is 0.657. The number of nitrogens with one attached hydrogen (secondary N) is 2. The predicted molar refractivity (Wildman–Crippen MR) is 94.4 cm³/mol. The lowest BCUT2D eigenvalue weighted by atomic mass is 10.2. The Morgan fingerprint density at radius 3 is 2.44 bits per heavy atom. The van der Waals surface area contributed by atoms with Crippen molar-refractivity contribution >= 4 is 30.7 Å². The van der Waals surface area contributed by atoms with Crippen molar-refractivity contribution < 1.29 is 32.1 Å². The van der Waals surface area contributed by atoms with Crippen LogP contribution in [0.4, 0.5) is 5.69 Å². The van der Waals surface area contributed by atoms with Crippen LogP contribution in [-0.4, -0.2) is 39.8 Å². The third-order valence-electron chi connectivity index (χ3n) is 3.19. The maximum Gasteiger partial charge on any atom is 0.471 e. The molecule has 0 heterocycles. The summed E-state index contributed by atoms with van der Waals surface area (Å²) in [6, 6.07) is 6.21. The minimum absolute atomic E-state index is 0.146. The lowest BCUT2D eigenvalue weighted by Gasteiger charge is -2.09. The van der Waals surface area contributed by atoms with Crippen LogP contribution in [0.15, 0.2) is 24.3 Å². The molecule has 0 bridgehead atoms. The molecule has 0 saturated carbocycles. The van der Waals surface area contributed by atoms with E-state index in [1.54, 1.807) is 24.3 Å². The number of carbonyl (C=O) groups excluding carboxylic acids is 1. The molecule has 142 valence electrons. The largest absolute Gasteiger partial charge is 0.471 e. The first-order valence-electron chi connectivity index (χ1n) is 7.63. The van der Waals surface area contributed by atoms with Gasteiger partial charge in [0, 0.05) is 24.9 Å². The quantitative estimate of drug-likeness (QED) is 0.243. The van der Waals surface area contributed by atoms with Gasteiger partial charge in [0.1, 0.15) is 0 Å². The first-order chi connectivity index (χ1) is 11.8. The summed E-state index contributed by atoms with van der Waals surface area (Å²) < 4.78 is 41.6. The SMILES string of the molecule is COP(=O)(O)OCCCCCCNC(=O)c1ccc(NS(=O)O)cc1. The van der Waals surface area contributed by atoms with Gasteiger partial charge in [-0.15, -0.1) is 0 Å². The van der Waals surface area contributed by atoms with Gasteiger partial charge in [0.25, 0.3) is 17.2 Å². The summed E-state index contributed by atoms with van der Waals surface area (Å²) in [5, 5.41) is 2.78. The number of unbranched alkanes of at least 4 members (excludes halogenated alkanes) is 3. The van der Waals surface area contributed by atoms with E-state index in [0.717, 1.165) is 26.4 Å². The molecule has 4 N–H and O–H groups in total. The number of rotatable bonds is 12. The van der Waals surface area contributed by atoms with Crippen LogP contribution < -0.4 is 10.0 Å². The zero-order valence-corrected chi connectivity index (χ0v) is 15.6. The zero-order chi connectivity index (χ0) is 18.7. The number of phosphoric ester groups is 1. The van der Waals surface area contributed by atoms with Crippen molar-refractivity contribution in [3.8, 4) is 0 Å². The maximum atomic E-state index is 11.9. The van der Waals surface area contributed by atoms with E-state index in [1.807, 2.05) is 0 Å². The lowest BCUT2D eigenvalue weighted by molar-refractivity contribution is 0.0952. The number of hydrogen-bond acceptors (Lipinski definition) is 5. The summed E-state index contributed by atoms with van der Waals surface area (Å²) in [6.07, 6.45) is 3.05. The number of benzene rings is 1. The normalized spacial score (nSPS) is 14.5. The van der Waals surface area contributed by atoms with Gasteiger partial charge in [-0.2, -0.15) is 0 Å². The van der Waals surface area contributed by atoms with Crippen molar-refractivity contribution in [3.05, 3.63) is 29.8 Å². The zero-order valence-electron chi connectivity index (χ0n) is 13.8. The number of anilines is 1. The Morgan fingerprint density at radius 2 is 1.84 bits per heavy atom. The maximum absolute atomic E-state index is 11.9. The molecule has 0 saturated heterocycles. The highest BCUT2D eigenvalue weighted by atomic mass is 32.2. The summed E-state index contributed by atoms with van der Waals surface area (Å²) in [4.78, 5) is 20.9. The summed E-state index contributed by atoms with van der Waals surface area (Å²) in [5.41, 5.74) is 0.904. The summed E-state index contributed by atoms with van der Waals surface area (Å²) >= 11 is -2.15. The molecule has 0 aliphatic heterocycles. The van der Waals surface area contributed by atoms with Crippen LogP contribution >= 0.6 is 7.82 Å². The van der Waals surface area contributed by atoms with Gasteiger partial charge in [-0.05, 0) is 37.1 Å². The molecule has 0 radical (unpaired) electrons. The monoisotopic (exact) mass is 394 g/mol. The van der Waals surface area contributed by atoms with Crippen molar-refractivity contribution in [2.75, 3.05) is 25.0 Å². The molecule has 1 rings (SSSR count). The van der Waals surface area contributed by atoms with Gasteiger partial charge in [0.2, 0.25) is 0 Å². The Bertz CT molecular complexity index is 612. The summed E-state index contributed by atoms with van der Waals surface area (Å²) in [5.74, 6) is -0.221. The van der Waals surface area contributed by atoms with Gasteiger partial charge in [-0.25, -0.2) is 8.77 Å². The number of hydrogen-bond donors (Lipinski definition) is 4. The molecule has 2 unspecified atom stereocenters. The highest BCUT2D eigenvalue weighted by Gasteiger charge is 2.17.